The molecule has 1 heterocycles. The fourth-order valence-corrected chi connectivity index (χ4v) is 2.84. The number of aromatic nitrogens is 3. The largest absolute Gasteiger partial charge is 0.326 e. The van der Waals surface area contributed by atoms with Crippen LogP contribution >= 0.6 is 11.8 Å². The molecule has 0 aliphatic heterocycles. The molecule has 26 heavy (non-hydrogen) atoms. The molecule has 1 aromatic carbocycles. The summed E-state index contributed by atoms with van der Waals surface area (Å²) in [6.45, 7) is 5.82. The van der Waals surface area contributed by atoms with Gasteiger partial charge in [-0.2, -0.15) is 5.10 Å². The molecule has 0 fully saturated rings. The summed E-state index contributed by atoms with van der Waals surface area (Å²) >= 11 is 1.25. The monoisotopic (exact) mass is 373 g/mol. The first kappa shape index (κ1) is 19.8. The second-order valence-corrected chi connectivity index (χ2v) is 6.46. The molecule has 0 atom stereocenters. The average molecular weight is 373 g/mol. The summed E-state index contributed by atoms with van der Waals surface area (Å²) in [5.74, 6) is -0.0619. The topological polar surface area (TPSA) is 96.9 Å². The van der Waals surface area contributed by atoms with E-state index >= 15 is 0 Å². The number of carbonyl (C=O) groups excluding carboxylic acids is 2. The van der Waals surface area contributed by atoms with Crippen LogP contribution in [0.3, 0.4) is 0 Å². The van der Waals surface area contributed by atoms with Crippen LogP contribution in [-0.2, 0) is 22.4 Å². The van der Waals surface area contributed by atoms with Gasteiger partial charge in [0.2, 0.25) is 17.0 Å². The highest BCUT2D eigenvalue weighted by Gasteiger charge is 2.10. The van der Waals surface area contributed by atoms with E-state index in [4.69, 9.17) is 0 Å². The highest BCUT2D eigenvalue weighted by Crippen LogP contribution is 2.18. The summed E-state index contributed by atoms with van der Waals surface area (Å²) in [6, 6.07) is 7.05. The zero-order valence-corrected chi connectivity index (χ0v) is 16.0. The number of anilines is 2. The van der Waals surface area contributed by atoms with Gasteiger partial charge in [-0.3, -0.25) is 9.59 Å². The molecule has 0 saturated carbocycles. The van der Waals surface area contributed by atoms with Gasteiger partial charge in [0, 0.05) is 17.8 Å². The summed E-state index contributed by atoms with van der Waals surface area (Å²) in [4.78, 5) is 28.1. The lowest BCUT2D eigenvalue weighted by molar-refractivity contribution is -0.116. The van der Waals surface area contributed by atoms with E-state index in [-0.39, 0.29) is 17.6 Å². The van der Waals surface area contributed by atoms with Crippen molar-refractivity contribution in [2.24, 2.45) is 0 Å². The number of thioether (sulfide) groups is 1. The molecular formula is C18H23N5O2S. The minimum absolute atomic E-state index is 0.0732. The molecule has 138 valence electrons. The highest BCUT2D eigenvalue weighted by atomic mass is 32.2. The standard InChI is InChI=1S/C18H23N5O2S/c1-4-14-15(5-2)22-23-18(21-14)26-11-17(25)20-13-9-7-8-12(10-13)19-16(24)6-3/h7-10H,4-6,11H2,1-3H3,(H,19,24)(H,20,25). The van der Waals surface area contributed by atoms with Crippen molar-refractivity contribution in [1.82, 2.24) is 15.2 Å². The third-order valence-corrected chi connectivity index (χ3v) is 4.41. The van der Waals surface area contributed by atoms with Crippen LogP contribution in [0.4, 0.5) is 11.4 Å². The fraction of sp³-hybridized carbons (Fsp3) is 0.389. The van der Waals surface area contributed by atoms with Gasteiger partial charge >= 0.3 is 0 Å². The van der Waals surface area contributed by atoms with Gasteiger partial charge < -0.3 is 10.6 Å². The van der Waals surface area contributed by atoms with Crippen LogP contribution in [-0.4, -0.2) is 32.7 Å². The number of hydrogen-bond donors (Lipinski definition) is 2. The van der Waals surface area contributed by atoms with Crippen molar-refractivity contribution in [3.05, 3.63) is 35.7 Å². The van der Waals surface area contributed by atoms with Crippen LogP contribution < -0.4 is 10.6 Å². The lowest BCUT2D eigenvalue weighted by Crippen LogP contribution is -2.15. The number of amides is 2. The smallest absolute Gasteiger partial charge is 0.234 e. The Morgan fingerprint density at radius 3 is 2.23 bits per heavy atom. The van der Waals surface area contributed by atoms with E-state index < -0.39 is 0 Å². The Labute approximate surface area is 157 Å². The Hall–Kier alpha value is -2.48. The Balaban J connectivity index is 1.93. The Morgan fingerprint density at radius 1 is 0.962 bits per heavy atom. The van der Waals surface area contributed by atoms with Crippen molar-refractivity contribution in [2.45, 2.75) is 45.2 Å². The Bertz CT molecular complexity index is 782. The van der Waals surface area contributed by atoms with E-state index in [1.165, 1.54) is 11.8 Å². The predicted molar refractivity (Wildman–Crippen MR) is 103 cm³/mol. The number of benzene rings is 1. The van der Waals surface area contributed by atoms with Crippen LogP contribution in [0, 0.1) is 0 Å². The van der Waals surface area contributed by atoms with Gasteiger partial charge in [0.1, 0.15) is 0 Å². The van der Waals surface area contributed by atoms with Crippen LogP contribution in [0.1, 0.15) is 38.6 Å². The van der Waals surface area contributed by atoms with Crippen molar-refractivity contribution in [3.63, 3.8) is 0 Å². The van der Waals surface area contributed by atoms with E-state index in [0.717, 1.165) is 24.2 Å². The van der Waals surface area contributed by atoms with E-state index in [9.17, 15) is 9.59 Å². The van der Waals surface area contributed by atoms with Crippen molar-refractivity contribution in [3.8, 4) is 0 Å². The SMILES string of the molecule is CCC(=O)Nc1cccc(NC(=O)CSc2nnc(CC)c(CC)n2)c1. The van der Waals surface area contributed by atoms with Crippen LogP contribution in [0.2, 0.25) is 0 Å². The first-order valence-electron chi connectivity index (χ1n) is 8.60. The zero-order valence-electron chi connectivity index (χ0n) is 15.2. The molecule has 2 aromatic rings. The maximum atomic E-state index is 12.2. The number of nitrogens with one attached hydrogen (secondary N) is 2. The third kappa shape index (κ3) is 5.80. The van der Waals surface area contributed by atoms with Gasteiger partial charge in [-0.05, 0) is 31.0 Å². The van der Waals surface area contributed by atoms with Crippen LogP contribution in [0.5, 0.6) is 0 Å². The van der Waals surface area contributed by atoms with Crippen molar-refractivity contribution in [2.75, 3.05) is 16.4 Å². The van der Waals surface area contributed by atoms with Crippen LogP contribution in [0.25, 0.3) is 0 Å². The van der Waals surface area contributed by atoms with Crippen LogP contribution in [0.15, 0.2) is 29.4 Å². The fourth-order valence-electron chi connectivity index (χ4n) is 2.23. The van der Waals surface area contributed by atoms with E-state index in [0.29, 0.717) is 23.0 Å². The van der Waals surface area contributed by atoms with Crippen molar-refractivity contribution >= 4 is 35.0 Å². The minimum atomic E-state index is -0.171. The molecule has 0 spiro atoms. The molecule has 0 bridgehead atoms. The number of rotatable bonds is 8. The molecule has 0 saturated heterocycles. The molecule has 0 unspecified atom stereocenters. The molecular weight excluding hydrogens is 350 g/mol. The second kappa shape index (κ2) is 9.86. The maximum absolute atomic E-state index is 12.2. The highest BCUT2D eigenvalue weighted by molar-refractivity contribution is 7.99. The quantitative estimate of drug-likeness (QED) is 0.690. The third-order valence-electron chi connectivity index (χ3n) is 3.57. The summed E-state index contributed by atoms with van der Waals surface area (Å²) in [5, 5.41) is 14.3. The number of hydrogen-bond acceptors (Lipinski definition) is 6. The van der Waals surface area contributed by atoms with E-state index in [1.807, 2.05) is 13.8 Å². The number of nitrogens with zero attached hydrogens (tertiary/aromatic N) is 3. The summed E-state index contributed by atoms with van der Waals surface area (Å²) < 4.78 is 0. The van der Waals surface area contributed by atoms with Gasteiger partial charge in [0.05, 0.1) is 17.1 Å². The number of carbonyl (C=O) groups is 2. The van der Waals surface area contributed by atoms with E-state index in [1.54, 1.807) is 31.2 Å². The summed E-state index contributed by atoms with van der Waals surface area (Å²) in [5.41, 5.74) is 3.09. The molecule has 0 aliphatic carbocycles. The van der Waals surface area contributed by atoms with Crippen molar-refractivity contribution in [1.29, 1.82) is 0 Å². The molecule has 2 N–H and O–H groups in total. The Morgan fingerprint density at radius 2 is 1.62 bits per heavy atom. The molecule has 0 aliphatic rings. The maximum Gasteiger partial charge on any atom is 0.234 e. The van der Waals surface area contributed by atoms with Gasteiger partial charge in [-0.15, -0.1) is 5.10 Å². The predicted octanol–water partition coefficient (Wildman–Crippen LogP) is 3.08. The molecule has 8 heteroatoms. The first-order valence-corrected chi connectivity index (χ1v) is 9.59. The van der Waals surface area contributed by atoms with Gasteiger partial charge in [0.25, 0.3) is 0 Å². The zero-order chi connectivity index (χ0) is 18.9. The van der Waals surface area contributed by atoms with E-state index in [2.05, 4.69) is 25.8 Å². The summed E-state index contributed by atoms with van der Waals surface area (Å²) in [7, 11) is 0. The lowest BCUT2D eigenvalue weighted by atomic mass is 10.2. The average Bonchev–Trinajstić information content (AvgIpc) is 2.66. The number of aryl methyl sites for hydroxylation is 2. The van der Waals surface area contributed by atoms with Gasteiger partial charge in [-0.25, -0.2) is 4.98 Å². The second-order valence-electron chi connectivity index (χ2n) is 5.51. The first-order chi connectivity index (χ1) is 12.5. The molecule has 2 amide bonds. The molecule has 7 nitrogen and oxygen atoms in total. The minimum Gasteiger partial charge on any atom is -0.326 e. The molecule has 1 aromatic heterocycles. The lowest BCUT2D eigenvalue weighted by Gasteiger charge is -2.08. The van der Waals surface area contributed by atoms with Gasteiger partial charge in [-0.1, -0.05) is 38.6 Å². The normalized spacial score (nSPS) is 10.4. The van der Waals surface area contributed by atoms with Gasteiger partial charge in [0.15, 0.2) is 0 Å². The van der Waals surface area contributed by atoms with Crippen molar-refractivity contribution < 1.29 is 9.59 Å². The molecule has 2 rings (SSSR count). The Kier molecular flexibility index (Phi) is 7.53. The summed E-state index contributed by atoms with van der Waals surface area (Å²) in [6.07, 6.45) is 1.98. The molecule has 0 radical (unpaired) electrons.